The van der Waals surface area contributed by atoms with E-state index in [1.807, 2.05) is 0 Å². The fourth-order valence-corrected chi connectivity index (χ4v) is 1.18. The van der Waals surface area contributed by atoms with E-state index in [4.69, 9.17) is 5.73 Å². The molecule has 74 valence electrons. The number of hydrogen-bond donors (Lipinski definition) is 1. The van der Waals surface area contributed by atoms with Crippen molar-refractivity contribution in [3.8, 4) is 0 Å². The molecule has 0 amide bonds. The molecule has 0 aliphatic rings. The van der Waals surface area contributed by atoms with Crippen LogP contribution in [0.25, 0.3) is 5.52 Å². The van der Waals surface area contributed by atoms with Crippen LogP contribution in [0.2, 0.25) is 0 Å². The zero-order valence-electron chi connectivity index (χ0n) is 6.92. The topological polar surface area (TPSA) is 43.3 Å². The Balaban J connectivity index is 2.66. The van der Waals surface area contributed by atoms with E-state index in [0.29, 0.717) is 0 Å². The van der Waals surface area contributed by atoms with Crippen molar-refractivity contribution in [2.24, 2.45) is 0 Å². The molecule has 2 aromatic rings. The second-order valence-corrected chi connectivity index (χ2v) is 2.84. The van der Waals surface area contributed by atoms with Crippen LogP contribution in [0.1, 0.15) is 5.56 Å². The Hall–Kier alpha value is -1.72. The Morgan fingerprint density at radius 2 is 2.07 bits per heavy atom. The highest BCUT2D eigenvalue weighted by atomic mass is 19.4. The number of nitrogens with two attached hydrogens (primary N) is 1. The second-order valence-electron chi connectivity index (χ2n) is 2.84. The molecule has 0 saturated carbocycles. The van der Waals surface area contributed by atoms with Gasteiger partial charge in [0.25, 0.3) is 0 Å². The van der Waals surface area contributed by atoms with E-state index in [1.165, 1.54) is 16.9 Å². The van der Waals surface area contributed by atoms with Gasteiger partial charge in [0, 0.05) is 6.20 Å². The summed E-state index contributed by atoms with van der Waals surface area (Å²) in [5, 5.41) is 3.77. The van der Waals surface area contributed by atoms with Crippen LogP contribution >= 0.6 is 0 Å². The summed E-state index contributed by atoms with van der Waals surface area (Å²) in [4.78, 5) is 0. The molecule has 0 aliphatic heterocycles. The van der Waals surface area contributed by atoms with Crippen molar-refractivity contribution < 1.29 is 13.2 Å². The highest BCUT2D eigenvalue weighted by molar-refractivity contribution is 5.69. The number of rotatable bonds is 0. The molecular weight excluding hydrogens is 195 g/mol. The fourth-order valence-electron chi connectivity index (χ4n) is 1.18. The van der Waals surface area contributed by atoms with Crippen LogP contribution in [0, 0.1) is 0 Å². The van der Waals surface area contributed by atoms with Gasteiger partial charge in [0.1, 0.15) is 0 Å². The lowest BCUT2D eigenvalue weighted by Gasteiger charge is -2.06. The predicted octanol–water partition coefficient (Wildman–Crippen LogP) is 1.94. The molecule has 14 heavy (non-hydrogen) atoms. The zero-order valence-corrected chi connectivity index (χ0v) is 6.92. The maximum Gasteiger partial charge on any atom is 0.416 e. The minimum absolute atomic E-state index is 0.233. The monoisotopic (exact) mass is 201 g/mol. The number of nitrogen functional groups attached to an aromatic ring is 1. The van der Waals surface area contributed by atoms with Crippen molar-refractivity contribution in [2.75, 3.05) is 5.73 Å². The zero-order chi connectivity index (χ0) is 10.3. The van der Waals surface area contributed by atoms with Crippen molar-refractivity contribution in [1.29, 1.82) is 0 Å². The van der Waals surface area contributed by atoms with Crippen LogP contribution in [-0.2, 0) is 6.18 Å². The summed E-state index contributed by atoms with van der Waals surface area (Å²) in [6, 6.07) is 1.93. The van der Waals surface area contributed by atoms with Crippen molar-refractivity contribution in [3.05, 3.63) is 30.1 Å². The first-order valence-corrected chi connectivity index (χ1v) is 3.78. The summed E-state index contributed by atoms with van der Waals surface area (Å²) in [6.45, 7) is 0. The van der Waals surface area contributed by atoms with Crippen molar-refractivity contribution in [1.82, 2.24) is 9.61 Å². The van der Waals surface area contributed by atoms with Gasteiger partial charge in [-0.2, -0.15) is 18.3 Å². The molecule has 2 rings (SSSR count). The SMILES string of the molecule is Nc1cnn2ccc(C(F)(F)F)cc12. The van der Waals surface area contributed by atoms with Crippen LogP contribution in [0.5, 0.6) is 0 Å². The molecule has 0 atom stereocenters. The molecule has 0 spiro atoms. The molecule has 0 fully saturated rings. The van der Waals surface area contributed by atoms with Gasteiger partial charge >= 0.3 is 6.18 Å². The first-order chi connectivity index (χ1) is 6.48. The molecule has 0 unspecified atom stereocenters. The van der Waals surface area contributed by atoms with E-state index in [9.17, 15) is 13.2 Å². The summed E-state index contributed by atoms with van der Waals surface area (Å²) in [5.74, 6) is 0. The Labute approximate surface area is 76.9 Å². The average Bonchev–Trinajstić information content (AvgIpc) is 2.46. The summed E-state index contributed by atoms with van der Waals surface area (Å²) in [6.07, 6.45) is -1.80. The number of pyridine rings is 1. The number of anilines is 1. The molecule has 0 radical (unpaired) electrons. The van der Waals surface area contributed by atoms with Gasteiger partial charge in [0.2, 0.25) is 0 Å². The normalized spacial score (nSPS) is 12.2. The summed E-state index contributed by atoms with van der Waals surface area (Å²) in [7, 11) is 0. The molecule has 0 aliphatic carbocycles. The fraction of sp³-hybridized carbons (Fsp3) is 0.125. The van der Waals surface area contributed by atoms with Crippen LogP contribution in [0.15, 0.2) is 24.5 Å². The number of fused-ring (bicyclic) bond motifs is 1. The van der Waals surface area contributed by atoms with Gasteiger partial charge < -0.3 is 5.73 Å². The average molecular weight is 201 g/mol. The van der Waals surface area contributed by atoms with Gasteiger partial charge in [-0.1, -0.05) is 0 Å². The van der Waals surface area contributed by atoms with E-state index < -0.39 is 11.7 Å². The van der Waals surface area contributed by atoms with Crippen LogP contribution in [-0.4, -0.2) is 9.61 Å². The number of aromatic nitrogens is 2. The Morgan fingerprint density at radius 1 is 1.36 bits per heavy atom. The van der Waals surface area contributed by atoms with Gasteiger partial charge in [-0.05, 0) is 12.1 Å². The van der Waals surface area contributed by atoms with E-state index in [2.05, 4.69) is 5.10 Å². The molecule has 2 heterocycles. The van der Waals surface area contributed by atoms with Crippen molar-refractivity contribution >= 4 is 11.2 Å². The summed E-state index contributed by atoms with van der Waals surface area (Å²) >= 11 is 0. The van der Waals surface area contributed by atoms with Crippen LogP contribution in [0.4, 0.5) is 18.9 Å². The van der Waals surface area contributed by atoms with Gasteiger partial charge in [-0.15, -0.1) is 0 Å². The molecule has 0 saturated heterocycles. The molecule has 2 N–H and O–H groups in total. The van der Waals surface area contributed by atoms with Gasteiger partial charge in [0.15, 0.2) is 0 Å². The highest BCUT2D eigenvalue weighted by Gasteiger charge is 2.30. The number of alkyl halides is 3. The van der Waals surface area contributed by atoms with E-state index in [1.54, 1.807) is 0 Å². The molecule has 3 nitrogen and oxygen atoms in total. The third-order valence-corrected chi connectivity index (χ3v) is 1.88. The maximum absolute atomic E-state index is 12.3. The van der Waals surface area contributed by atoms with Crippen molar-refractivity contribution in [3.63, 3.8) is 0 Å². The number of hydrogen-bond acceptors (Lipinski definition) is 2. The molecule has 0 bridgehead atoms. The maximum atomic E-state index is 12.3. The van der Waals surface area contributed by atoms with Crippen LogP contribution in [0.3, 0.4) is 0 Å². The lowest BCUT2D eigenvalue weighted by atomic mass is 10.2. The lowest BCUT2D eigenvalue weighted by Crippen LogP contribution is -2.05. The second kappa shape index (κ2) is 2.63. The Bertz CT molecular complexity index is 472. The molecule has 6 heteroatoms. The van der Waals surface area contributed by atoms with Gasteiger partial charge in [-0.3, -0.25) is 0 Å². The number of halogens is 3. The summed E-state index contributed by atoms with van der Waals surface area (Å²) in [5.41, 5.74) is 5.21. The number of nitrogens with zero attached hydrogens (tertiary/aromatic N) is 2. The quantitative estimate of drug-likeness (QED) is 0.707. The Morgan fingerprint density at radius 3 is 2.71 bits per heavy atom. The predicted molar refractivity (Wildman–Crippen MR) is 44.6 cm³/mol. The van der Waals surface area contributed by atoms with Gasteiger partial charge in [0.05, 0.1) is 23.0 Å². The molecular formula is C8H6F3N3. The molecule has 2 aromatic heterocycles. The molecule has 0 aromatic carbocycles. The third kappa shape index (κ3) is 1.28. The van der Waals surface area contributed by atoms with E-state index in [0.717, 1.165) is 12.1 Å². The third-order valence-electron chi connectivity index (χ3n) is 1.88. The first kappa shape index (κ1) is 8.86. The smallest absolute Gasteiger partial charge is 0.396 e. The van der Waals surface area contributed by atoms with Gasteiger partial charge in [-0.25, -0.2) is 4.52 Å². The largest absolute Gasteiger partial charge is 0.416 e. The van der Waals surface area contributed by atoms with Crippen LogP contribution < -0.4 is 5.73 Å². The van der Waals surface area contributed by atoms with Crippen molar-refractivity contribution in [2.45, 2.75) is 6.18 Å². The lowest BCUT2D eigenvalue weighted by molar-refractivity contribution is -0.137. The van der Waals surface area contributed by atoms with E-state index in [-0.39, 0.29) is 11.2 Å². The minimum atomic E-state index is -4.35. The highest BCUT2D eigenvalue weighted by Crippen LogP contribution is 2.30. The minimum Gasteiger partial charge on any atom is -0.396 e. The van der Waals surface area contributed by atoms with E-state index >= 15 is 0 Å². The standard InChI is InChI=1S/C8H6F3N3/c9-8(10,11)5-1-2-14-7(3-5)6(12)4-13-14/h1-4H,12H2. The Kier molecular flexibility index (Phi) is 1.67. The first-order valence-electron chi connectivity index (χ1n) is 3.78. The summed E-state index contributed by atoms with van der Waals surface area (Å²) < 4.78 is 38.1.